The van der Waals surface area contributed by atoms with E-state index in [1.807, 2.05) is 41.3 Å². The zero-order valence-corrected chi connectivity index (χ0v) is 19.4. The van der Waals surface area contributed by atoms with Crippen LogP contribution >= 0.6 is 11.8 Å². The van der Waals surface area contributed by atoms with Crippen molar-refractivity contribution >= 4 is 38.4 Å². The molecule has 0 aliphatic carbocycles. The van der Waals surface area contributed by atoms with Crippen LogP contribution in [0.2, 0.25) is 0 Å². The summed E-state index contributed by atoms with van der Waals surface area (Å²) in [5.41, 5.74) is 1.65. The smallest absolute Gasteiger partial charge is 0.316 e. The van der Waals surface area contributed by atoms with E-state index in [2.05, 4.69) is 4.99 Å². The van der Waals surface area contributed by atoms with Crippen molar-refractivity contribution < 1.29 is 27.4 Å². The Hall–Kier alpha value is -2.72. The van der Waals surface area contributed by atoms with Gasteiger partial charge in [0.1, 0.15) is 6.61 Å². The van der Waals surface area contributed by atoms with Crippen molar-refractivity contribution in [3.05, 3.63) is 54.1 Å². The minimum Gasteiger partial charge on any atom is -0.493 e. The first-order valence-corrected chi connectivity index (χ1v) is 12.8. The fourth-order valence-corrected chi connectivity index (χ4v) is 6.58. The Labute approximate surface area is 191 Å². The second kappa shape index (κ2) is 9.41. The normalized spacial score (nSPS) is 21.1. The second-order valence-corrected chi connectivity index (χ2v) is 10.6. The van der Waals surface area contributed by atoms with E-state index in [-0.39, 0.29) is 41.9 Å². The minimum absolute atomic E-state index is 0.00394. The molecule has 2 unspecified atom stereocenters. The number of rotatable bonds is 7. The summed E-state index contributed by atoms with van der Waals surface area (Å²) < 4.78 is 40.5. The van der Waals surface area contributed by atoms with E-state index in [0.717, 1.165) is 11.3 Å². The second-order valence-electron chi connectivity index (χ2n) is 7.47. The number of hydrogen-bond donors (Lipinski definition) is 0. The number of hydrogen-bond acceptors (Lipinski definition) is 9. The van der Waals surface area contributed by atoms with Crippen LogP contribution < -0.4 is 14.4 Å². The monoisotopic (exact) mass is 476 g/mol. The van der Waals surface area contributed by atoms with E-state index in [1.165, 1.54) is 11.8 Å². The van der Waals surface area contributed by atoms with E-state index >= 15 is 0 Å². The third-order valence-electron chi connectivity index (χ3n) is 5.31. The molecule has 2 aromatic rings. The Morgan fingerprint density at radius 2 is 1.84 bits per heavy atom. The maximum Gasteiger partial charge on any atom is 0.316 e. The molecule has 0 saturated carbocycles. The molecule has 10 heteroatoms. The van der Waals surface area contributed by atoms with Crippen LogP contribution in [0.5, 0.6) is 11.5 Å². The van der Waals surface area contributed by atoms with Crippen molar-refractivity contribution in [2.45, 2.75) is 18.7 Å². The van der Waals surface area contributed by atoms with Crippen LogP contribution in [0.4, 0.5) is 5.69 Å². The lowest BCUT2D eigenvalue weighted by molar-refractivity contribution is -0.141. The zero-order chi connectivity index (χ0) is 22.7. The topological polar surface area (TPSA) is 94.5 Å². The van der Waals surface area contributed by atoms with Gasteiger partial charge in [0.05, 0.1) is 43.6 Å². The quantitative estimate of drug-likeness (QED) is 0.563. The van der Waals surface area contributed by atoms with Gasteiger partial charge in [0.15, 0.2) is 26.5 Å². The summed E-state index contributed by atoms with van der Waals surface area (Å²) in [6.45, 7) is 0.204. The van der Waals surface area contributed by atoms with Crippen molar-refractivity contribution in [2.24, 2.45) is 4.99 Å². The van der Waals surface area contributed by atoms with Crippen LogP contribution in [-0.4, -0.2) is 63.1 Å². The van der Waals surface area contributed by atoms with Gasteiger partial charge in [-0.2, -0.15) is 0 Å². The van der Waals surface area contributed by atoms with E-state index in [0.29, 0.717) is 16.7 Å². The van der Waals surface area contributed by atoms with Crippen LogP contribution in [0.25, 0.3) is 0 Å². The number of ether oxygens (including phenoxy) is 3. The first-order valence-electron chi connectivity index (χ1n) is 10.0. The summed E-state index contributed by atoms with van der Waals surface area (Å²) >= 11 is 1.25. The van der Waals surface area contributed by atoms with Crippen LogP contribution in [0.1, 0.15) is 5.56 Å². The molecule has 0 amide bonds. The number of aliphatic imine (C=N–C) groups is 1. The van der Waals surface area contributed by atoms with Gasteiger partial charge in [-0.3, -0.25) is 9.79 Å². The molecule has 1 fully saturated rings. The Kier molecular flexibility index (Phi) is 6.61. The van der Waals surface area contributed by atoms with Gasteiger partial charge in [0, 0.05) is 11.8 Å². The van der Waals surface area contributed by atoms with Gasteiger partial charge in [-0.05, 0) is 17.7 Å². The molecule has 32 heavy (non-hydrogen) atoms. The van der Waals surface area contributed by atoms with Crippen molar-refractivity contribution in [3.8, 4) is 11.5 Å². The molecule has 4 rings (SSSR count). The highest BCUT2D eigenvalue weighted by Crippen LogP contribution is 2.38. The van der Waals surface area contributed by atoms with E-state index in [1.54, 1.807) is 26.4 Å². The molecule has 2 aliphatic heterocycles. The van der Waals surface area contributed by atoms with Gasteiger partial charge in [-0.1, -0.05) is 42.1 Å². The van der Waals surface area contributed by atoms with Crippen LogP contribution in [0.15, 0.2) is 53.5 Å². The first-order chi connectivity index (χ1) is 15.4. The van der Waals surface area contributed by atoms with Gasteiger partial charge >= 0.3 is 5.97 Å². The van der Waals surface area contributed by atoms with Crippen LogP contribution in [0, 0.1) is 0 Å². The Morgan fingerprint density at radius 1 is 1.09 bits per heavy atom. The predicted octanol–water partition coefficient (Wildman–Crippen LogP) is 2.52. The number of carbonyl (C=O) groups is 1. The minimum atomic E-state index is -3.17. The van der Waals surface area contributed by atoms with E-state index in [4.69, 9.17) is 14.2 Å². The maximum atomic E-state index is 12.3. The SMILES string of the molecule is COc1ccc(N2C(SCC(=O)OCc3ccccc3)=NC3CS(=O)(=O)CC32)cc1OC. The number of nitrogens with zero attached hydrogens (tertiary/aromatic N) is 2. The summed E-state index contributed by atoms with van der Waals surface area (Å²) in [6.07, 6.45) is 0. The summed E-state index contributed by atoms with van der Waals surface area (Å²) in [7, 11) is -0.0795. The van der Waals surface area contributed by atoms with E-state index in [9.17, 15) is 13.2 Å². The van der Waals surface area contributed by atoms with Gasteiger partial charge in [0.25, 0.3) is 0 Å². The van der Waals surface area contributed by atoms with Crippen LogP contribution in [-0.2, 0) is 26.0 Å². The first kappa shape index (κ1) is 22.5. The molecule has 2 aliphatic rings. The molecule has 170 valence electrons. The van der Waals surface area contributed by atoms with Crippen molar-refractivity contribution in [3.63, 3.8) is 0 Å². The molecule has 0 aromatic heterocycles. The van der Waals surface area contributed by atoms with Crippen molar-refractivity contribution in [2.75, 3.05) is 36.4 Å². The standard InChI is InChI=1S/C22H24N2O6S2/c1-28-19-9-8-16(10-20(19)29-2)24-18-14-32(26,27)13-17(18)23-22(24)31-12-21(25)30-11-15-6-4-3-5-7-15/h3-10,17-18H,11-14H2,1-2H3. The summed E-state index contributed by atoms with van der Waals surface area (Å²) in [5, 5.41) is 0.596. The lowest BCUT2D eigenvalue weighted by atomic mass is 10.1. The molecule has 2 atom stereocenters. The van der Waals surface area contributed by atoms with Crippen LogP contribution in [0.3, 0.4) is 0 Å². The Morgan fingerprint density at radius 3 is 2.56 bits per heavy atom. The van der Waals surface area contributed by atoms with Gasteiger partial charge < -0.3 is 19.1 Å². The predicted molar refractivity (Wildman–Crippen MR) is 124 cm³/mol. The number of sulfone groups is 1. The lowest BCUT2D eigenvalue weighted by Gasteiger charge is -2.27. The summed E-state index contributed by atoms with van der Waals surface area (Å²) in [5.74, 6) is 0.824. The molecular weight excluding hydrogens is 452 g/mol. The van der Waals surface area contributed by atoms with Crippen molar-refractivity contribution in [1.82, 2.24) is 0 Å². The average Bonchev–Trinajstić information content (AvgIpc) is 3.27. The largest absolute Gasteiger partial charge is 0.493 e. The third kappa shape index (κ3) is 4.86. The highest BCUT2D eigenvalue weighted by atomic mass is 32.2. The number of fused-ring (bicyclic) bond motifs is 1. The van der Waals surface area contributed by atoms with E-state index < -0.39 is 9.84 Å². The fourth-order valence-electron chi connectivity index (χ4n) is 3.81. The number of thioether (sulfide) groups is 1. The maximum absolute atomic E-state index is 12.3. The average molecular weight is 477 g/mol. The molecule has 8 nitrogen and oxygen atoms in total. The highest BCUT2D eigenvalue weighted by Gasteiger charge is 2.47. The van der Waals surface area contributed by atoms with Crippen molar-refractivity contribution in [1.29, 1.82) is 0 Å². The summed E-state index contributed by atoms with van der Waals surface area (Å²) in [4.78, 5) is 18.8. The molecule has 2 aromatic carbocycles. The zero-order valence-electron chi connectivity index (χ0n) is 17.8. The van der Waals surface area contributed by atoms with Gasteiger partial charge in [0.2, 0.25) is 0 Å². The molecule has 1 saturated heterocycles. The molecule has 0 spiro atoms. The molecule has 0 bridgehead atoms. The molecular formula is C22H24N2O6S2. The number of benzene rings is 2. The lowest BCUT2D eigenvalue weighted by Crippen LogP contribution is -2.39. The number of methoxy groups -OCH3 is 2. The summed E-state index contributed by atoms with van der Waals surface area (Å²) in [6, 6.07) is 14.2. The number of amidine groups is 1. The Balaban J connectivity index is 1.50. The van der Waals surface area contributed by atoms with Gasteiger partial charge in [-0.15, -0.1) is 0 Å². The highest BCUT2D eigenvalue weighted by molar-refractivity contribution is 8.14. The molecule has 0 radical (unpaired) electrons. The fraction of sp³-hybridized carbons (Fsp3) is 0.364. The third-order valence-corrected chi connectivity index (χ3v) is 7.95. The van der Waals surface area contributed by atoms with Gasteiger partial charge in [-0.25, -0.2) is 8.42 Å². The number of anilines is 1. The molecule has 2 heterocycles. The molecule has 0 N–H and O–H groups in total. The number of carbonyl (C=O) groups excluding carboxylic acids is 1. The number of esters is 1. The Bertz CT molecular complexity index is 1120.